The molecule has 20 heavy (non-hydrogen) atoms. The molecule has 1 aromatic carbocycles. The second kappa shape index (κ2) is 7.28. The molecule has 0 aliphatic rings. The van der Waals surface area contributed by atoms with Gasteiger partial charge in [-0.3, -0.25) is 4.79 Å². The normalized spacial score (nSPS) is 10.1. The van der Waals surface area contributed by atoms with Crippen molar-refractivity contribution in [1.29, 1.82) is 0 Å². The smallest absolute Gasteiger partial charge is 0.252 e. The molecule has 0 aliphatic heterocycles. The minimum atomic E-state index is -0.0757. The van der Waals surface area contributed by atoms with E-state index >= 15 is 0 Å². The molecule has 0 unspecified atom stereocenters. The van der Waals surface area contributed by atoms with E-state index in [0.717, 1.165) is 18.7 Å². The number of rotatable bonds is 6. The maximum Gasteiger partial charge on any atom is 0.252 e. The lowest BCUT2D eigenvalue weighted by atomic mass is 10.1. The SMILES string of the molecule is CNc1ccc(C(=O)NCCCc2ccccc2)cn1. The summed E-state index contributed by atoms with van der Waals surface area (Å²) in [5.74, 6) is 0.679. The monoisotopic (exact) mass is 269 g/mol. The molecule has 1 heterocycles. The van der Waals surface area contributed by atoms with Gasteiger partial charge in [-0.25, -0.2) is 4.98 Å². The molecule has 0 saturated heterocycles. The molecule has 1 amide bonds. The van der Waals surface area contributed by atoms with Crippen LogP contribution in [0.4, 0.5) is 5.82 Å². The third-order valence-corrected chi connectivity index (χ3v) is 3.05. The molecule has 104 valence electrons. The molecule has 0 bridgehead atoms. The van der Waals surface area contributed by atoms with Crippen molar-refractivity contribution in [2.75, 3.05) is 18.9 Å². The van der Waals surface area contributed by atoms with E-state index in [1.54, 1.807) is 25.4 Å². The zero-order valence-corrected chi connectivity index (χ0v) is 11.6. The van der Waals surface area contributed by atoms with Crippen LogP contribution in [0.25, 0.3) is 0 Å². The van der Waals surface area contributed by atoms with Crippen LogP contribution in [-0.2, 0) is 6.42 Å². The minimum absolute atomic E-state index is 0.0757. The third kappa shape index (κ3) is 4.09. The summed E-state index contributed by atoms with van der Waals surface area (Å²) in [5, 5.41) is 5.83. The van der Waals surface area contributed by atoms with Gasteiger partial charge in [0.1, 0.15) is 5.82 Å². The molecule has 0 aliphatic carbocycles. The van der Waals surface area contributed by atoms with Gasteiger partial charge in [0.15, 0.2) is 0 Å². The van der Waals surface area contributed by atoms with Gasteiger partial charge in [-0.2, -0.15) is 0 Å². The van der Waals surface area contributed by atoms with Crippen LogP contribution in [0.2, 0.25) is 0 Å². The lowest BCUT2D eigenvalue weighted by Gasteiger charge is -2.06. The molecule has 2 rings (SSSR count). The van der Waals surface area contributed by atoms with Crippen LogP contribution in [0.5, 0.6) is 0 Å². The average Bonchev–Trinajstić information content (AvgIpc) is 2.52. The number of nitrogens with one attached hydrogen (secondary N) is 2. The van der Waals surface area contributed by atoms with Gasteiger partial charge in [-0.1, -0.05) is 30.3 Å². The Kier molecular flexibility index (Phi) is 5.12. The van der Waals surface area contributed by atoms with Crippen LogP contribution >= 0.6 is 0 Å². The lowest BCUT2D eigenvalue weighted by molar-refractivity contribution is 0.0953. The fraction of sp³-hybridized carbons (Fsp3) is 0.250. The van der Waals surface area contributed by atoms with Crippen molar-refractivity contribution in [2.24, 2.45) is 0 Å². The summed E-state index contributed by atoms with van der Waals surface area (Å²) in [5.41, 5.74) is 1.88. The van der Waals surface area contributed by atoms with Crippen molar-refractivity contribution in [1.82, 2.24) is 10.3 Å². The third-order valence-electron chi connectivity index (χ3n) is 3.05. The molecule has 0 saturated carbocycles. The van der Waals surface area contributed by atoms with Gasteiger partial charge in [0.25, 0.3) is 5.91 Å². The summed E-state index contributed by atoms with van der Waals surface area (Å²) < 4.78 is 0. The number of amides is 1. The maximum absolute atomic E-state index is 11.9. The van der Waals surface area contributed by atoms with E-state index in [-0.39, 0.29) is 5.91 Å². The zero-order chi connectivity index (χ0) is 14.2. The first-order chi connectivity index (χ1) is 9.79. The summed E-state index contributed by atoms with van der Waals surface area (Å²) in [7, 11) is 1.80. The Morgan fingerprint density at radius 1 is 1.15 bits per heavy atom. The summed E-state index contributed by atoms with van der Waals surface area (Å²) in [4.78, 5) is 16.0. The van der Waals surface area contributed by atoms with Crippen molar-refractivity contribution in [3.63, 3.8) is 0 Å². The largest absolute Gasteiger partial charge is 0.373 e. The molecule has 2 N–H and O–H groups in total. The van der Waals surface area contributed by atoms with Gasteiger partial charge in [-0.05, 0) is 30.5 Å². The fourth-order valence-electron chi connectivity index (χ4n) is 1.92. The lowest BCUT2D eigenvalue weighted by Crippen LogP contribution is -2.24. The highest BCUT2D eigenvalue weighted by Gasteiger charge is 2.04. The number of hydrogen-bond donors (Lipinski definition) is 2. The number of hydrogen-bond acceptors (Lipinski definition) is 3. The second-order valence-electron chi connectivity index (χ2n) is 4.53. The number of anilines is 1. The van der Waals surface area contributed by atoms with E-state index in [2.05, 4.69) is 27.8 Å². The molecular formula is C16H19N3O. The Labute approximate surface area is 119 Å². The van der Waals surface area contributed by atoms with Crippen molar-refractivity contribution in [3.8, 4) is 0 Å². The van der Waals surface area contributed by atoms with E-state index in [1.807, 2.05) is 18.2 Å². The van der Waals surface area contributed by atoms with Crippen LogP contribution in [0.15, 0.2) is 48.7 Å². The molecule has 4 nitrogen and oxygen atoms in total. The number of aryl methyl sites for hydroxylation is 1. The quantitative estimate of drug-likeness (QED) is 0.792. The van der Waals surface area contributed by atoms with Gasteiger partial charge in [0, 0.05) is 19.8 Å². The van der Waals surface area contributed by atoms with Crippen molar-refractivity contribution < 1.29 is 4.79 Å². The number of benzene rings is 1. The summed E-state index contributed by atoms with van der Waals surface area (Å²) in [6.45, 7) is 0.668. The number of pyridine rings is 1. The first kappa shape index (κ1) is 14.1. The van der Waals surface area contributed by atoms with Gasteiger partial charge >= 0.3 is 0 Å². The highest BCUT2D eigenvalue weighted by molar-refractivity contribution is 5.93. The molecule has 2 aromatic rings. The van der Waals surface area contributed by atoms with Gasteiger partial charge in [0.05, 0.1) is 5.56 Å². The summed E-state index contributed by atoms with van der Waals surface area (Å²) >= 11 is 0. The Hall–Kier alpha value is -2.36. The highest BCUT2D eigenvalue weighted by atomic mass is 16.1. The Bertz CT molecular complexity index is 537. The van der Waals surface area contributed by atoms with E-state index in [1.165, 1.54) is 5.56 Å². The number of carbonyl (C=O) groups is 1. The first-order valence-corrected chi connectivity index (χ1v) is 6.75. The van der Waals surface area contributed by atoms with Crippen molar-refractivity contribution in [2.45, 2.75) is 12.8 Å². The Balaban J connectivity index is 1.74. The maximum atomic E-state index is 11.9. The summed E-state index contributed by atoms with van der Waals surface area (Å²) in [6, 6.07) is 13.8. The van der Waals surface area contributed by atoms with Gasteiger partial charge < -0.3 is 10.6 Å². The van der Waals surface area contributed by atoms with E-state index < -0.39 is 0 Å². The standard InChI is InChI=1S/C16H19N3O/c1-17-15-10-9-14(12-19-15)16(20)18-11-5-8-13-6-3-2-4-7-13/h2-4,6-7,9-10,12H,5,8,11H2,1H3,(H,17,19)(H,18,20). The van der Waals surface area contributed by atoms with Gasteiger partial charge in [0.2, 0.25) is 0 Å². The van der Waals surface area contributed by atoms with E-state index in [9.17, 15) is 4.79 Å². The number of nitrogens with zero attached hydrogens (tertiary/aromatic N) is 1. The first-order valence-electron chi connectivity index (χ1n) is 6.75. The molecule has 1 aromatic heterocycles. The highest BCUT2D eigenvalue weighted by Crippen LogP contribution is 2.04. The van der Waals surface area contributed by atoms with Crippen molar-refractivity contribution >= 4 is 11.7 Å². The van der Waals surface area contributed by atoms with Crippen LogP contribution in [0, 0.1) is 0 Å². The zero-order valence-electron chi connectivity index (χ0n) is 11.6. The fourth-order valence-corrected chi connectivity index (χ4v) is 1.92. The molecule has 4 heteroatoms. The predicted octanol–water partition coefficient (Wildman–Crippen LogP) is 2.49. The molecule has 0 spiro atoms. The van der Waals surface area contributed by atoms with Gasteiger partial charge in [-0.15, -0.1) is 0 Å². The molecule has 0 fully saturated rings. The Morgan fingerprint density at radius 3 is 2.60 bits per heavy atom. The average molecular weight is 269 g/mol. The Morgan fingerprint density at radius 2 is 1.95 bits per heavy atom. The molecule has 0 radical (unpaired) electrons. The van der Waals surface area contributed by atoms with Crippen LogP contribution in [0.1, 0.15) is 22.3 Å². The minimum Gasteiger partial charge on any atom is -0.373 e. The molecule has 0 atom stereocenters. The van der Waals surface area contributed by atoms with E-state index in [0.29, 0.717) is 12.1 Å². The predicted molar refractivity (Wildman–Crippen MR) is 80.9 cm³/mol. The van der Waals surface area contributed by atoms with Crippen LogP contribution in [-0.4, -0.2) is 24.5 Å². The van der Waals surface area contributed by atoms with Crippen LogP contribution < -0.4 is 10.6 Å². The molecular weight excluding hydrogens is 250 g/mol. The summed E-state index contributed by atoms with van der Waals surface area (Å²) in [6.07, 6.45) is 3.48. The topological polar surface area (TPSA) is 54.0 Å². The second-order valence-corrected chi connectivity index (χ2v) is 4.53. The number of carbonyl (C=O) groups excluding carboxylic acids is 1. The van der Waals surface area contributed by atoms with Crippen molar-refractivity contribution in [3.05, 3.63) is 59.8 Å². The van der Waals surface area contributed by atoms with E-state index in [4.69, 9.17) is 0 Å². The number of aromatic nitrogens is 1. The van der Waals surface area contributed by atoms with Crippen LogP contribution in [0.3, 0.4) is 0 Å².